The molecule has 7 heteroatoms. The third-order valence-electron chi connectivity index (χ3n) is 7.92. The van der Waals surface area contributed by atoms with Gasteiger partial charge in [0.25, 0.3) is 0 Å². The van der Waals surface area contributed by atoms with E-state index in [1.807, 2.05) is 31.2 Å². The highest BCUT2D eigenvalue weighted by atomic mass is 35.5. The number of rotatable bonds is 9. The van der Waals surface area contributed by atoms with Crippen molar-refractivity contribution in [3.8, 4) is 17.2 Å². The third-order valence-corrected chi connectivity index (χ3v) is 8.15. The van der Waals surface area contributed by atoms with Gasteiger partial charge in [-0.25, -0.2) is 4.79 Å². The van der Waals surface area contributed by atoms with Crippen molar-refractivity contribution in [2.45, 2.75) is 51.4 Å². The number of carbonyl (C=O) groups excluding carboxylic acids is 1. The van der Waals surface area contributed by atoms with E-state index >= 15 is 0 Å². The molecule has 0 saturated heterocycles. The monoisotopic (exact) mass is 561 g/mol. The summed E-state index contributed by atoms with van der Waals surface area (Å²) in [4.78, 5) is 12.8. The zero-order valence-corrected chi connectivity index (χ0v) is 24.3. The SMILES string of the molecule is CCOC(=O)C1=C(CC)CCOC(CC[C@@H]2c3cccn3-c3ccc(Cl)cc3[C@H]2c2cccc(OC)c2OC)=C1. The van der Waals surface area contributed by atoms with Crippen LogP contribution >= 0.6 is 11.6 Å². The highest BCUT2D eigenvalue weighted by molar-refractivity contribution is 6.30. The van der Waals surface area contributed by atoms with E-state index in [0.717, 1.165) is 46.7 Å². The number of methoxy groups -OCH3 is 2. The number of fused-ring (bicyclic) bond motifs is 3. The van der Waals surface area contributed by atoms with Crippen LogP contribution in [0.5, 0.6) is 11.5 Å². The molecular formula is C33H36ClNO5. The molecule has 2 aromatic carbocycles. The van der Waals surface area contributed by atoms with Gasteiger partial charge in [0.05, 0.1) is 38.8 Å². The molecule has 210 valence electrons. The molecule has 5 rings (SSSR count). The Balaban J connectivity index is 1.58. The maximum atomic E-state index is 12.8. The van der Waals surface area contributed by atoms with Crippen LogP contribution in [-0.2, 0) is 14.3 Å². The van der Waals surface area contributed by atoms with E-state index in [-0.39, 0.29) is 17.8 Å². The van der Waals surface area contributed by atoms with Crippen molar-refractivity contribution in [2.24, 2.45) is 0 Å². The first-order valence-corrected chi connectivity index (χ1v) is 14.3. The van der Waals surface area contributed by atoms with Gasteiger partial charge in [-0.05, 0) is 67.8 Å². The molecule has 0 aliphatic carbocycles. The molecule has 0 amide bonds. The van der Waals surface area contributed by atoms with Crippen LogP contribution in [0.25, 0.3) is 5.69 Å². The first-order valence-electron chi connectivity index (χ1n) is 13.9. The van der Waals surface area contributed by atoms with Crippen molar-refractivity contribution < 1.29 is 23.7 Å². The van der Waals surface area contributed by atoms with Crippen molar-refractivity contribution in [1.29, 1.82) is 0 Å². The van der Waals surface area contributed by atoms with Crippen molar-refractivity contribution in [2.75, 3.05) is 27.4 Å². The topological polar surface area (TPSA) is 58.9 Å². The Morgan fingerprint density at radius 3 is 2.67 bits per heavy atom. The standard InChI is InChI=1S/C33H36ClNO5/c1-5-21-16-18-40-23(20-26(21)33(36)39-6-2)13-14-24-28-10-8-17-35(28)29-15-12-22(34)19-27(29)31(24)25-9-7-11-30(37-3)32(25)38-4/h7-12,15,17,19-20,24,31H,5-6,13-14,16,18H2,1-4H3/t24-,31-/m1/s1. The number of carbonyl (C=O) groups is 1. The lowest BCUT2D eigenvalue weighted by molar-refractivity contribution is -0.138. The Hall–Kier alpha value is -3.64. The number of nitrogens with zero attached hydrogens (tertiary/aromatic N) is 1. The molecule has 0 unspecified atom stereocenters. The van der Waals surface area contributed by atoms with Gasteiger partial charge in [0.15, 0.2) is 11.5 Å². The highest BCUT2D eigenvalue weighted by Gasteiger charge is 2.37. The molecule has 0 saturated carbocycles. The first kappa shape index (κ1) is 27.9. The predicted molar refractivity (Wildman–Crippen MR) is 157 cm³/mol. The summed E-state index contributed by atoms with van der Waals surface area (Å²) in [7, 11) is 3.34. The van der Waals surface area contributed by atoms with Crippen LogP contribution in [0.2, 0.25) is 5.02 Å². The van der Waals surface area contributed by atoms with Crippen LogP contribution in [0.1, 0.15) is 68.2 Å². The molecule has 3 aromatic rings. The Bertz CT molecular complexity index is 1450. The average Bonchev–Trinajstić information content (AvgIpc) is 3.36. The molecule has 40 heavy (non-hydrogen) atoms. The van der Waals surface area contributed by atoms with E-state index < -0.39 is 0 Å². The zero-order chi connectivity index (χ0) is 28.2. The van der Waals surface area contributed by atoms with E-state index in [0.29, 0.717) is 42.4 Å². The fraction of sp³-hybridized carbons (Fsp3) is 0.364. The molecule has 0 radical (unpaired) electrons. The van der Waals surface area contributed by atoms with Crippen molar-refractivity contribution >= 4 is 17.6 Å². The fourth-order valence-electron chi connectivity index (χ4n) is 6.12. The van der Waals surface area contributed by atoms with E-state index in [4.69, 9.17) is 30.5 Å². The lowest BCUT2D eigenvalue weighted by Gasteiger charge is -2.36. The number of benzene rings is 2. The van der Waals surface area contributed by atoms with Crippen LogP contribution in [0, 0.1) is 0 Å². The molecule has 3 heterocycles. The molecular weight excluding hydrogens is 526 g/mol. The van der Waals surface area contributed by atoms with Gasteiger partial charge in [0, 0.05) is 52.8 Å². The van der Waals surface area contributed by atoms with Crippen LogP contribution in [0.4, 0.5) is 0 Å². The molecule has 1 aromatic heterocycles. The van der Waals surface area contributed by atoms with E-state index in [1.165, 1.54) is 5.69 Å². The predicted octanol–water partition coefficient (Wildman–Crippen LogP) is 7.73. The molecule has 0 fully saturated rings. The normalized spacial score (nSPS) is 18.2. The van der Waals surface area contributed by atoms with Gasteiger partial charge in [-0.1, -0.05) is 36.2 Å². The minimum Gasteiger partial charge on any atom is -0.498 e. The van der Waals surface area contributed by atoms with Gasteiger partial charge < -0.3 is 23.5 Å². The Labute approximate surface area is 241 Å². The second-order valence-corrected chi connectivity index (χ2v) is 10.4. The Morgan fingerprint density at radius 2 is 1.93 bits per heavy atom. The first-order chi connectivity index (χ1) is 19.5. The smallest absolute Gasteiger partial charge is 0.338 e. The van der Waals surface area contributed by atoms with Crippen molar-refractivity contribution in [1.82, 2.24) is 4.57 Å². The molecule has 0 bridgehead atoms. The summed E-state index contributed by atoms with van der Waals surface area (Å²) in [6.07, 6.45) is 6.94. The van der Waals surface area contributed by atoms with Crippen LogP contribution < -0.4 is 9.47 Å². The molecule has 0 N–H and O–H groups in total. The van der Waals surface area contributed by atoms with Gasteiger partial charge in [-0.3, -0.25) is 0 Å². The van der Waals surface area contributed by atoms with Crippen LogP contribution in [0.15, 0.2) is 77.7 Å². The number of allylic oxidation sites excluding steroid dienone is 1. The molecule has 2 aliphatic rings. The molecule has 2 aliphatic heterocycles. The number of halogens is 1. The number of aromatic nitrogens is 1. The summed E-state index contributed by atoms with van der Waals surface area (Å²) in [6, 6.07) is 16.4. The third kappa shape index (κ3) is 5.25. The Morgan fingerprint density at radius 1 is 1.07 bits per heavy atom. The van der Waals surface area contributed by atoms with Crippen molar-refractivity contribution in [3.05, 3.63) is 99.6 Å². The second-order valence-electron chi connectivity index (χ2n) is 10.0. The number of esters is 1. The van der Waals surface area contributed by atoms with E-state index in [1.54, 1.807) is 14.2 Å². The second kappa shape index (κ2) is 12.3. The number of para-hydroxylation sites is 1. The quantitative estimate of drug-likeness (QED) is 0.250. The lowest BCUT2D eigenvalue weighted by atomic mass is 9.73. The lowest BCUT2D eigenvalue weighted by Crippen LogP contribution is -2.24. The van der Waals surface area contributed by atoms with Crippen molar-refractivity contribution in [3.63, 3.8) is 0 Å². The van der Waals surface area contributed by atoms with Gasteiger partial charge >= 0.3 is 5.97 Å². The number of ether oxygens (including phenoxy) is 4. The zero-order valence-electron chi connectivity index (χ0n) is 23.5. The minimum absolute atomic E-state index is 0.0428. The summed E-state index contributed by atoms with van der Waals surface area (Å²) in [5.74, 6) is 1.97. The number of hydrogen-bond donors (Lipinski definition) is 0. The summed E-state index contributed by atoms with van der Waals surface area (Å²) in [5.41, 5.74) is 6.17. The van der Waals surface area contributed by atoms with Crippen LogP contribution in [0.3, 0.4) is 0 Å². The van der Waals surface area contributed by atoms with E-state index in [2.05, 4.69) is 48.0 Å². The molecule has 2 atom stereocenters. The summed E-state index contributed by atoms with van der Waals surface area (Å²) < 4.78 is 25.4. The van der Waals surface area contributed by atoms with E-state index in [9.17, 15) is 4.79 Å². The minimum atomic E-state index is -0.281. The maximum absolute atomic E-state index is 12.8. The summed E-state index contributed by atoms with van der Waals surface area (Å²) >= 11 is 6.58. The molecule has 0 spiro atoms. The highest BCUT2D eigenvalue weighted by Crippen LogP contribution is 2.52. The van der Waals surface area contributed by atoms with Gasteiger partial charge in [0.1, 0.15) is 0 Å². The summed E-state index contributed by atoms with van der Waals surface area (Å²) in [6.45, 7) is 4.79. The molecule has 6 nitrogen and oxygen atoms in total. The van der Waals surface area contributed by atoms with Crippen LogP contribution in [-0.4, -0.2) is 38.0 Å². The average molecular weight is 562 g/mol. The largest absolute Gasteiger partial charge is 0.498 e. The Kier molecular flexibility index (Phi) is 8.55. The number of hydrogen-bond acceptors (Lipinski definition) is 5. The fourth-order valence-corrected chi connectivity index (χ4v) is 6.30. The van der Waals surface area contributed by atoms with Gasteiger partial charge in [-0.15, -0.1) is 0 Å². The van der Waals surface area contributed by atoms with Gasteiger partial charge in [-0.2, -0.15) is 0 Å². The maximum Gasteiger partial charge on any atom is 0.338 e. The van der Waals surface area contributed by atoms with Gasteiger partial charge in [0.2, 0.25) is 0 Å². The summed E-state index contributed by atoms with van der Waals surface area (Å²) in [5, 5.41) is 0.686.